The van der Waals surface area contributed by atoms with E-state index in [2.05, 4.69) is 4.98 Å². The van der Waals surface area contributed by atoms with Crippen LogP contribution in [0.5, 0.6) is 0 Å². The number of benzene rings is 1. The minimum absolute atomic E-state index is 0.596. The molecule has 68 valence electrons. The van der Waals surface area contributed by atoms with Gasteiger partial charge in [-0.3, -0.25) is 0 Å². The summed E-state index contributed by atoms with van der Waals surface area (Å²) >= 11 is 6.08. The molecule has 0 radical (unpaired) electrons. The Bertz CT molecular complexity index is 615. The number of rotatable bonds is 0. The van der Waals surface area contributed by atoms with Crippen molar-refractivity contribution < 1.29 is 4.42 Å². The van der Waals surface area contributed by atoms with E-state index in [-0.39, 0.29) is 0 Å². The maximum Gasteiger partial charge on any atom is 0.228 e. The number of hydrogen-bond acceptors (Lipinski definition) is 2. The summed E-state index contributed by atoms with van der Waals surface area (Å²) in [6.07, 6.45) is 1.65. The molecule has 0 saturated heterocycles. The van der Waals surface area contributed by atoms with Crippen LogP contribution in [0, 0.1) is 0 Å². The third-order valence-corrected chi connectivity index (χ3v) is 2.54. The van der Waals surface area contributed by atoms with Crippen molar-refractivity contribution in [2.75, 3.05) is 0 Å². The standard InChI is InChI=1S/C11H6ClNO/c12-8-5-6-13-11-10(8)7-3-1-2-4-9(7)14-11/h1-6H. The molecule has 2 aromatic heterocycles. The lowest BCUT2D eigenvalue weighted by Crippen LogP contribution is -1.72. The molecule has 1 aromatic carbocycles. The third-order valence-electron chi connectivity index (χ3n) is 2.23. The molecular weight excluding hydrogens is 198 g/mol. The molecule has 0 N–H and O–H groups in total. The Labute approximate surface area is 85.1 Å². The van der Waals surface area contributed by atoms with Crippen LogP contribution < -0.4 is 0 Å². The highest BCUT2D eigenvalue weighted by atomic mass is 35.5. The van der Waals surface area contributed by atoms with Gasteiger partial charge >= 0.3 is 0 Å². The average Bonchev–Trinajstić information content (AvgIpc) is 2.57. The molecule has 0 atom stereocenters. The third kappa shape index (κ3) is 0.946. The zero-order chi connectivity index (χ0) is 9.54. The van der Waals surface area contributed by atoms with Gasteiger partial charge in [0.25, 0.3) is 0 Å². The molecule has 2 heterocycles. The Morgan fingerprint density at radius 2 is 2.00 bits per heavy atom. The molecular formula is C11H6ClNO. The summed E-state index contributed by atoms with van der Waals surface area (Å²) in [5, 5.41) is 2.59. The van der Waals surface area contributed by atoms with Crippen LogP contribution >= 0.6 is 11.6 Å². The van der Waals surface area contributed by atoms with Crippen LogP contribution in [-0.4, -0.2) is 4.98 Å². The molecule has 3 rings (SSSR count). The van der Waals surface area contributed by atoms with Crippen molar-refractivity contribution in [3.63, 3.8) is 0 Å². The lowest BCUT2D eigenvalue weighted by Gasteiger charge is -1.90. The van der Waals surface area contributed by atoms with Gasteiger partial charge in [0.15, 0.2) is 0 Å². The molecule has 0 unspecified atom stereocenters. The van der Waals surface area contributed by atoms with Crippen LogP contribution in [0.1, 0.15) is 0 Å². The van der Waals surface area contributed by atoms with Crippen LogP contribution in [0.15, 0.2) is 40.9 Å². The van der Waals surface area contributed by atoms with Crippen molar-refractivity contribution in [3.8, 4) is 0 Å². The SMILES string of the molecule is Clc1ccnc2oc3ccccc3c12. The molecule has 0 saturated carbocycles. The van der Waals surface area contributed by atoms with Crippen molar-refractivity contribution in [3.05, 3.63) is 41.6 Å². The molecule has 2 nitrogen and oxygen atoms in total. The number of fused-ring (bicyclic) bond motifs is 3. The maximum atomic E-state index is 6.08. The minimum atomic E-state index is 0.596. The van der Waals surface area contributed by atoms with E-state index in [1.54, 1.807) is 12.3 Å². The summed E-state index contributed by atoms with van der Waals surface area (Å²) in [4.78, 5) is 4.13. The van der Waals surface area contributed by atoms with E-state index in [1.165, 1.54) is 0 Å². The fourth-order valence-electron chi connectivity index (χ4n) is 1.61. The highest BCUT2D eigenvalue weighted by Gasteiger charge is 2.09. The summed E-state index contributed by atoms with van der Waals surface area (Å²) in [6.45, 7) is 0. The quantitative estimate of drug-likeness (QED) is 0.558. The first-order valence-corrected chi connectivity index (χ1v) is 4.66. The first-order valence-electron chi connectivity index (χ1n) is 4.28. The average molecular weight is 204 g/mol. The topological polar surface area (TPSA) is 26.0 Å². The molecule has 0 fully saturated rings. The summed E-state index contributed by atoms with van der Waals surface area (Å²) in [5.41, 5.74) is 1.42. The Morgan fingerprint density at radius 3 is 2.93 bits per heavy atom. The molecule has 0 aliphatic rings. The molecule has 0 aliphatic heterocycles. The summed E-state index contributed by atoms with van der Waals surface area (Å²) in [5.74, 6) is 0. The van der Waals surface area contributed by atoms with Gasteiger partial charge in [-0.1, -0.05) is 29.8 Å². The predicted molar refractivity (Wildman–Crippen MR) is 56.5 cm³/mol. The Hall–Kier alpha value is -1.54. The monoisotopic (exact) mass is 203 g/mol. The zero-order valence-electron chi connectivity index (χ0n) is 7.20. The normalized spacial score (nSPS) is 11.2. The Kier molecular flexibility index (Phi) is 1.52. The molecule has 0 aliphatic carbocycles. The smallest absolute Gasteiger partial charge is 0.228 e. The number of aromatic nitrogens is 1. The Balaban J connectivity index is 2.65. The molecule has 14 heavy (non-hydrogen) atoms. The molecule has 3 heteroatoms. The van der Waals surface area contributed by atoms with E-state index in [0.29, 0.717) is 10.7 Å². The zero-order valence-corrected chi connectivity index (χ0v) is 7.95. The van der Waals surface area contributed by atoms with Gasteiger partial charge in [-0.05, 0) is 12.1 Å². The van der Waals surface area contributed by atoms with Crippen molar-refractivity contribution in [2.24, 2.45) is 0 Å². The number of hydrogen-bond donors (Lipinski definition) is 0. The van der Waals surface area contributed by atoms with Gasteiger partial charge in [-0.25, -0.2) is 4.98 Å². The highest BCUT2D eigenvalue weighted by molar-refractivity contribution is 6.37. The van der Waals surface area contributed by atoms with Gasteiger partial charge in [-0.2, -0.15) is 0 Å². The van der Waals surface area contributed by atoms with Gasteiger partial charge in [0, 0.05) is 11.6 Å². The summed E-state index contributed by atoms with van der Waals surface area (Å²) in [7, 11) is 0. The van der Waals surface area contributed by atoms with Crippen molar-refractivity contribution >= 4 is 33.7 Å². The second kappa shape index (κ2) is 2.72. The predicted octanol–water partition coefficient (Wildman–Crippen LogP) is 3.63. The van der Waals surface area contributed by atoms with E-state index >= 15 is 0 Å². The van der Waals surface area contributed by atoms with Gasteiger partial charge < -0.3 is 4.42 Å². The molecule has 0 spiro atoms. The molecule has 0 bridgehead atoms. The van der Waals surface area contributed by atoms with E-state index in [9.17, 15) is 0 Å². The van der Waals surface area contributed by atoms with E-state index in [0.717, 1.165) is 16.4 Å². The van der Waals surface area contributed by atoms with Crippen LogP contribution in [-0.2, 0) is 0 Å². The van der Waals surface area contributed by atoms with E-state index < -0.39 is 0 Å². The van der Waals surface area contributed by atoms with Gasteiger partial charge in [0.1, 0.15) is 5.58 Å². The molecule has 0 amide bonds. The van der Waals surface area contributed by atoms with Crippen molar-refractivity contribution in [1.82, 2.24) is 4.98 Å². The van der Waals surface area contributed by atoms with Crippen molar-refractivity contribution in [1.29, 1.82) is 0 Å². The largest absolute Gasteiger partial charge is 0.438 e. The van der Waals surface area contributed by atoms with Crippen LogP contribution in [0.3, 0.4) is 0 Å². The summed E-state index contributed by atoms with van der Waals surface area (Å²) < 4.78 is 5.54. The second-order valence-corrected chi connectivity index (χ2v) is 3.48. The second-order valence-electron chi connectivity index (χ2n) is 3.07. The highest BCUT2D eigenvalue weighted by Crippen LogP contribution is 2.31. The summed E-state index contributed by atoms with van der Waals surface area (Å²) in [6, 6.07) is 9.55. The van der Waals surface area contributed by atoms with Crippen LogP contribution in [0.4, 0.5) is 0 Å². The first-order chi connectivity index (χ1) is 6.86. The fourth-order valence-corrected chi connectivity index (χ4v) is 1.85. The minimum Gasteiger partial charge on any atom is -0.438 e. The lowest BCUT2D eigenvalue weighted by molar-refractivity contribution is 0.654. The van der Waals surface area contributed by atoms with Crippen molar-refractivity contribution in [2.45, 2.75) is 0 Å². The number of halogens is 1. The number of pyridine rings is 1. The van der Waals surface area contributed by atoms with Crippen LogP contribution in [0.2, 0.25) is 5.02 Å². The number of furan rings is 1. The molecule has 3 aromatic rings. The van der Waals surface area contributed by atoms with Gasteiger partial charge in [-0.15, -0.1) is 0 Å². The van der Waals surface area contributed by atoms with Gasteiger partial charge in [0.05, 0.1) is 10.4 Å². The first kappa shape index (κ1) is 7.83. The van der Waals surface area contributed by atoms with E-state index in [1.807, 2.05) is 24.3 Å². The van der Waals surface area contributed by atoms with E-state index in [4.69, 9.17) is 16.0 Å². The van der Waals surface area contributed by atoms with Crippen LogP contribution in [0.25, 0.3) is 22.1 Å². The fraction of sp³-hybridized carbons (Fsp3) is 0. The Morgan fingerprint density at radius 1 is 1.14 bits per heavy atom. The number of nitrogens with zero attached hydrogens (tertiary/aromatic N) is 1. The maximum absolute atomic E-state index is 6.08. The lowest BCUT2D eigenvalue weighted by atomic mass is 10.2. The number of para-hydroxylation sites is 1. The van der Waals surface area contributed by atoms with Gasteiger partial charge in [0.2, 0.25) is 5.71 Å².